The Balaban J connectivity index is 0. The van der Waals surface area contributed by atoms with Gasteiger partial charge in [-0.3, -0.25) is 0 Å². The van der Waals surface area contributed by atoms with Gasteiger partial charge in [-0.05, 0) is 0 Å². The quantitative estimate of drug-likeness (QED) is 0.212. The molecule has 8 nitrogen and oxygen atoms in total. The van der Waals surface area contributed by atoms with Gasteiger partial charge >= 0.3 is 24.8 Å². The van der Waals surface area contributed by atoms with E-state index in [-0.39, 0.29) is 18.9 Å². The number of ether oxygens (including phenoxy) is 1. The Morgan fingerprint density at radius 2 is 1.81 bits per heavy atom. The van der Waals surface area contributed by atoms with Gasteiger partial charge in [-0.2, -0.15) is 8.42 Å². The van der Waals surface area contributed by atoms with Crippen LogP contribution in [0.2, 0.25) is 0 Å². The molecule has 0 aromatic carbocycles. The molecule has 0 spiro atoms. The van der Waals surface area contributed by atoms with Crippen LogP contribution < -0.4 is 23.8 Å². The summed E-state index contributed by atoms with van der Waals surface area (Å²) in [6.07, 6.45) is 0.596. The van der Waals surface area contributed by atoms with Gasteiger partial charge in [-0.25, -0.2) is 8.98 Å². The van der Waals surface area contributed by atoms with Gasteiger partial charge in [0.25, 0.3) is 10.1 Å². The molecule has 0 aliphatic carbocycles. The van der Waals surface area contributed by atoms with Crippen LogP contribution in [-0.2, 0) is 32.9 Å². The van der Waals surface area contributed by atoms with Crippen molar-refractivity contribution in [1.82, 2.24) is 0 Å². The fourth-order valence-electron chi connectivity index (χ4n) is 0.583. The van der Waals surface area contributed by atoms with Crippen molar-refractivity contribution in [2.75, 3.05) is 20.5 Å². The third-order valence-electron chi connectivity index (χ3n) is 1.21. The molecule has 0 aliphatic rings. The Hall–Kier alpha value is 0.127. The van der Waals surface area contributed by atoms with E-state index >= 15 is 0 Å². The number of carbonyl (C=O) groups excluding carboxylic acids is 1. The van der Waals surface area contributed by atoms with Crippen LogP contribution in [0, 0.1) is 0 Å². The summed E-state index contributed by atoms with van der Waals surface area (Å²) in [6.45, 7) is 0. The first kappa shape index (κ1) is 18.5. The second-order valence-corrected chi connectivity index (χ2v) is 5.91. The number of rotatable bonds is 5. The van der Waals surface area contributed by atoms with E-state index in [4.69, 9.17) is 0 Å². The molecule has 0 saturated carbocycles. The summed E-state index contributed by atoms with van der Waals surface area (Å²) >= 11 is 0. The predicted molar refractivity (Wildman–Crippen MR) is 46.3 cm³/mol. The van der Waals surface area contributed by atoms with Gasteiger partial charge in [0.1, 0.15) is 0 Å². The van der Waals surface area contributed by atoms with E-state index in [1.54, 1.807) is 0 Å². The molecule has 0 heterocycles. The number of methoxy groups -OCH3 is 1. The van der Waals surface area contributed by atoms with Crippen molar-refractivity contribution in [2.45, 2.75) is 5.85 Å². The summed E-state index contributed by atoms with van der Waals surface area (Å²) in [5.74, 6) is -3.69. The third-order valence-corrected chi connectivity index (χ3v) is 3.29. The Kier molecular flexibility index (Phi) is 7.82. The van der Waals surface area contributed by atoms with Gasteiger partial charge < -0.3 is 18.7 Å². The first-order chi connectivity index (χ1) is 6.64. The fraction of sp³-hybridized carbons (Fsp3) is 0.800. The van der Waals surface area contributed by atoms with E-state index in [2.05, 4.69) is 13.4 Å². The van der Waals surface area contributed by atoms with E-state index in [0.717, 1.165) is 14.2 Å². The predicted octanol–water partition coefficient (Wildman–Crippen LogP) is -4.33. The van der Waals surface area contributed by atoms with Crippen LogP contribution in [0.4, 0.5) is 0 Å². The van der Waals surface area contributed by atoms with Crippen molar-refractivity contribution in [2.24, 2.45) is 0 Å². The second kappa shape index (κ2) is 6.76. The largest absolute Gasteiger partial charge is 1.00 e. The van der Waals surface area contributed by atoms with E-state index < -0.39 is 29.5 Å². The standard InChI is InChI=1S/C5H11O8PS.Li/c1-11-4(6)5(13-15(3,9)10)14(7,8)12-2;/h5H,1-3H3,(H,7,8);/q;+1/p-1. The molecule has 2 atom stereocenters. The average Bonchev–Trinajstić information content (AvgIpc) is 2.11. The van der Waals surface area contributed by atoms with E-state index in [9.17, 15) is 22.7 Å². The molecule has 0 aromatic heterocycles. The molecule has 2 unspecified atom stereocenters. The molecule has 16 heavy (non-hydrogen) atoms. The van der Waals surface area contributed by atoms with Crippen molar-refractivity contribution in [3.05, 3.63) is 0 Å². The van der Waals surface area contributed by atoms with Gasteiger partial charge in [0.2, 0.25) is 5.85 Å². The summed E-state index contributed by atoms with van der Waals surface area (Å²) in [4.78, 5) is 22.0. The SMILES string of the molecule is COC(=O)C(OS(C)(=O)=O)P(=O)([O-])OC.[Li+]. The average molecular weight is 268 g/mol. The Bertz CT molecular complexity index is 378. The Labute approximate surface area is 105 Å². The van der Waals surface area contributed by atoms with Crippen LogP contribution in [-0.4, -0.2) is 40.7 Å². The van der Waals surface area contributed by atoms with Gasteiger partial charge in [-0.15, -0.1) is 0 Å². The first-order valence-electron chi connectivity index (χ1n) is 3.46. The maximum Gasteiger partial charge on any atom is 1.00 e. The molecule has 0 amide bonds. The molecule has 0 saturated heterocycles. The Morgan fingerprint density at radius 1 is 1.38 bits per heavy atom. The maximum atomic E-state index is 11.1. The summed E-state index contributed by atoms with van der Waals surface area (Å²) in [6, 6.07) is 0. The van der Waals surface area contributed by atoms with Crippen molar-refractivity contribution in [3.63, 3.8) is 0 Å². The number of hydrogen-bond acceptors (Lipinski definition) is 8. The zero-order chi connectivity index (χ0) is 12.3. The third kappa shape index (κ3) is 6.01. The van der Waals surface area contributed by atoms with Crippen molar-refractivity contribution in [1.29, 1.82) is 0 Å². The first-order valence-corrected chi connectivity index (χ1v) is 6.89. The summed E-state index contributed by atoms with van der Waals surface area (Å²) in [5.41, 5.74) is 0. The molecule has 0 aromatic rings. The molecule has 0 aliphatic heterocycles. The van der Waals surface area contributed by atoms with Gasteiger partial charge in [0, 0.05) is 7.11 Å². The Morgan fingerprint density at radius 3 is 2.06 bits per heavy atom. The summed E-state index contributed by atoms with van der Waals surface area (Å²) < 4.78 is 44.5. The van der Waals surface area contributed by atoms with E-state index in [1.807, 2.05) is 0 Å². The van der Waals surface area contributed by atoms with Gasteiger partial charge in [0.15, 0.2) is 7.60 Å². The van der Waals surface area contributed by atoms with Gasteiger partial charge in [-0.1, -0.05) is 0 Å². The molecule has 0 N–H and O–H groups in total. The van der Waals surface area contributed by atoms with Crippen LogP contribution >= 0.6 is 7.60 Å². The number of esters is 1. The van der Waals surface area contributed by atoms with Crippen LogP contribution in [0.1, 0.15) is 0 Å². The molecule has 11 heteroatoms. The van der Waals surface area contributed by atoms with Crippen LogP contribution in [0.15, 0.2) is 0 Å². The zero-order valence-electron chi connectivity index (χ0n) is 9.20. The van der Waals surface area contributed by atoms with Crippen LogP contribution in [0.25, 0.3) is 0 Å². The van der Waals surface area contributed by atoms with Crippen molar-refractivity contribution < 1.29 is 55.0 Å². The minimum absolute atomic E-state index is 0. The molecule has 0 radical (unpaired) electrons. The fourth-order valence-corrected chi connectivity index (χ4v) is 2.44. The van der Waals surface area contributed by atoms with E-state index in [1.165, 1.54) is 0 Å². The number of carbonyl (C=O) groups is 1. The molecule has 90 valence electrons. The van der Waals surface area contributed by atoms with Crippen LogP contribution in [0.3, 0.4) is 0 Å². The van der Waals surface area contributed by atoms with E-state index in [0.29, 0.717) is 6.26 Å². The molecule has 0 bridgehead atoms. The monoisotopic (exact) mass is 268 g/mol. The van der Waals surface area contributed by atoms with Crippen molar-refractivity contribution in [3.8, 4) is 0 Å². The zero-order valence-corrected chi connectivity index (χ0v) is 10.9. The molecular weight excluding hydrogens is 258 g/mol. The molecule has 0 rings (SSSR count). The normalized spacial score (nSPS) is 16.8. The van der Waals surface area contributed by atoms with Crippen molar-refractivity contribution >= 4 is 23.7 Å². The maximum absolute atomic E-state index is 11.1. The summed E-state index contributed by atoms with van der Waals surface area (Å²) in [7, 11) is -7.24. The molecular formula is C5H10LiO8PS. The minimum Gasteiger partial charge on any atom is -0.776 e. The second-order valence-electron chi connectivity index (χ2n) is 2.40. The summed E-state index contributed by atoms with van der Waals surface area (Å²) in [5, 5.41) is 0. The smallest absolute Gasteiger partial charge is 0.776 e. The topological polar surface area (TPSA) is 119 Å². The van der Waals surface area contributed by atoms with Crippen LogP contribution in [0.5, 0.6) is 0 Å². The minimum atomic E-state index is -4.78. The number of hydrogen-bond donors (Lipinski definition) is 0. The molecule has 0 fully saturated rings. The van der Waals surface area contributed by atoms with Gasteiger partial charge in [0.05, 0.1) is 13.4 Å².